The molecule has 1 saturated heterocycles. The molecule has 1 aromatic carbocycles. The van der Waals surface area contributed by atoms with Crippen LogP contribution in [0.2, 0.25) is 0 Å². The number of aryl methyl sites for hydroxylation is 2. The smallest absolute Gasteiger partial charge is 0.226 e. The fourth-order valence-electron chi connectivity index (χ4n) is 4.61. The summed E-state index contributed by atoms with van der Waals surface area (Å²) in [5.74, 6) is 2.62. The molecule has 0 bridgehead atoms. The number of carbonyl (C=O) groups excluding carboxylic acids is 1. The summed E-state index contributed by atoms with van der Waals surface area (Å²) in [5.41, 5.74) is 3.00. The largest absolute Gasteiger partial charge is 0.497 e. The van der Waals surface area contributed by atoms with Crippen molar-refractivity contribution in [1.82, 2.24) is 20.1 Å². The number of rotatable bonds is 12. The lowest BCUT2D eigenvalue weighted by molar-refractivity contribution is -0.126. The number of piperidine rings is 1. The molecule has 0 spiro atoms. The highest BCUT2D eigenvalue weighted by molar-refractivity contribution is 5.78. The summed E-state index contributed by atoms with van der Waals surface area (Å²) >= 11 is 0. The number of carbonyl (C=O) groups is 1. The number of nitrogens with one attached hydrogen (secondary N) is 1. The monoisotopic (exact) mass is 470 g/mol. The number of amides is 1. The van der Waals surface area contributed by atoms with Crippen molar-refractivity contribution in [2.75, 3.05) is 46.4 Å². The minimum Gasteiger partial charge on any atom is -0.497 e. The molecular formula is C27H42N4O3. The van der Waals surface area contributed by atoms with Gasteiger partial charge in [-0.2, -0.15) is 0 Å². The molecule has 0 unspecified atom stereocenters. The number of hydrogen-bond acceptors (Lipinski definition) is 6. The second-order valence-electron chi connectivity index (χ2n) is 9.34. The van der Waals surface area contributed by atoms with Gasteiger partial charge in [0.1, 0.15) is 11.5 Å². The number of hydrogen-bond donors (Lipinski definition) is 1. The summed E-state index contributed by atoms with van der Waals surface area (Å²) in [5, 5.41) is 3.16. The second-order valence-corrected chi connectivity index (χ2v) is 9.34. The molecule has 1 N–H and O–H groups in total. The van der Waals surface area contributed by atoms with E-state index >= 15 is 0 Å². The van der Waals surface area contributed by atoms with Gasteiger partial charge in [-0.3, -0.25) is 9.69 Å². The lowest BCUT2D eigenvalue weighted by atomic mass is 9.95. The molecule has 188 valence electrons. The predicted octanol–water partition coefficient (Wildman–Crippen LogP) is 4.42. The summed E-state index contributed by atoms with van der Waals surface area (Å²) in [6, 6.07) is 6.01. The van der Waals surface area contributed by atoms with Crippen molar-refractivity contribution in [3.8, 4) is 17.2 Å². The van der Waals surface area contributed by atoms with Gasteiger partial charge >= 0.3 is 0 Å². The summed E-state index contributed by atoms with van der Waals surface area (Å²) in [7, 11) is 1.67. The fourth-order valence-corrected chi connectivity index (χ4v) is 4.61. The van der Waals surface area contributed by atoms with Gasteiger partial charge in [-0.15, -0.1) is 0 Å². The predicted molar refractivity (Wildman–Crippen MR) is 136 cm³/mol. The molecule has 1 aliphatic rings. The Morgan fingerprint density at radius 1 is 1.18 bits per heavy atom. The van der Waals surface area contributed by atoms with Gasteiger partial charge in [-0.1, -0.05) is 13.8 Å². The minimum atomic E-state index is 0.118. The van der Waals surface area contributed by atoms with Crippen molar-refractivity contribution >= 4 is 5.91 Å². The molecule has 0 saturated carbocycles. The molecule has 2 aromatic rings. The van der Waals surface area contributed by atoms with Crippen LogP contribution in [-0.4, -0.2) is 67.1 Å². The topological polar surface area (TPSA) is 70.8 Å². The first-order valence-electron chi connectivity index (χ1n) is 12.8. The average molecular weight is 471 g/mol. The maximum atomic E-state index is 12.6. The Kier molecular flexibility index (Phi) is 9.96. The molecule has 0 atom stereocenters. The number of methoxy groups -OCH3 is 1. The molecule has 2 heterocycles. The maximum absolute atomic E-state index is 12.6. The van der Waals surface area contributed by atoms with Crippen LogP contribution < -0.4 is 10.1 Å². The van der Waals surface area contributed by atoms with Crippen LogP contribution in [0.4, 0.5) is 0 Å². The number of oxazole rings is 1. The fraction of sp³-hybridized carbons (Fsp3) is 0.630. The van der Waals surface area contributed by atoms with Crippen LogP contribution in [0, 0.1) is 19.8 Å². The van der Waals surface area contributed by atoms with Gasteiger partial charge in [0.2, 0.25) is 11.8 Å². The van der Waals surface area contributed by atoms with E-state index in [9.17, 15) is 4.79 Å². The highest BCUT2D eigenvalue weighted by Gasteiger charge is 2.26. The molecule has 1 amide bonds. The van der Waals surface area contributed by atoms with Crippen molar-refractivity contribution in [3.05, 3.63) is 35.2 Å². The van der Waals surface area contributed by atoms with E-state index in [2.05, 4.69) is 35.0 Å². The SMILES string of the molecule is CCN(CC)CCCCNC(=O)C1CCN(Cc2nc(-c3cc(C)cc(OC)c3)oc2C)CC1. The van der Waals surface area contributed by atoms with Crippen LogP contribution in [0.25, 0.3) is 11.5 Å². The van der Waals surface area contributed by atoms with Crippen molar-refractivity contribution in [2.24, 2.45) is 5.92 Å². The van der Waals surface area contributed by atoms with Crippen molar-refractivity contribution < 1.29 is 13.9 Å². The van der Waals surface area contributed by atoms with E-state index in [1.807, 2.05) is 26.0 Å². The van der Waals surface area contributed by atoms with Gasteiger partial charge in [0, 0.05) is 24.6 Å². The molecule has 1 aliphatic heterocycles. The van der Waals surface area contributed by atoms with Crippen LogP contribution in [0.5, 0.6) is 5.75 Å². The minimum absolute atomic E-state index is 0.118. The quantitative estimate of drug-likeness (QED) is 0.463. The van der Waals surface area contributed by atoms with Gasteiger partial charge < -0.3 is 19.4 Å². The zero-order chi connectivity index (χ0) is 24.5. The van der Waals surface area contributed by atoms with E-state index in [1.54, 1.807) is 7.11 Å². The molecule has 1 fully saturated rings. The molecule has 0 radical (unpaired) electrons. The Balaban J connectivity index is 1.44. The molecule has 1 aromatic heterocycles. The summed E-state index contributed by atoms with van der Waals surface area (Å²) in [6.07, 6.45) is 3.96. The number of nitrogens with zero attached hydrogens (tertiary/aromatic N) is 3. The normalized spacial score (nSPS) is 15.1. The van der Waals surface area contributed by atoms with Gasteiger partial charge in [0.25, 0.3) is 0 Å². The van der Waals surface area contributed by atoms with Crippen LogP contribution >= 0.6 is 0 Å². The molecule has 3 rings (SSSR count). The Bertz CT molecular complexity index is 915. The molecular weight excluding hydrogens is 428 g/mol. The number of unbranched alkanes of at least 4 members (excludes halogenated alkanes) is 1. The number of ether oxygens (including phenoxy) is 1. The second kappa shape index (κ2) is 12.9. The first kappa shape index (κ1) is 26.2. The first-order valence-corrected chi connectivity index (χ1v) is 12.8. The number of benzene rings is 1. The molecule has 7 nitrogen and oxygen atoms in total. The zero-order valence-electron chi connectivity index (χ0n) is 21.7. The van der Waals surface area contributed by atoms with E-state index in [4.69, 9.17) is 14.1 Å². The van der Waals surface area contributed by atoms with E-state index in [0.717, 1.165) is 99.8 Å². The van der Waals surface area contributed by atoms with E-state index in [1.165, 1.54) is 0 Å². The standard InChI is InChI=1S/C27H42N4O3/c1-6-30(7-2)13-9-8-12-28-26(32)22-10-14-31(15-11-22)19-25-21(4)34-27(29-25)23-16-20(3)17-24(18-23)33-5/h16-18,22H,6-15,19H2,1-5H3,(H,28,32). The van der Waals surface area contributed by atoms with Gasteiger partial charge in [-0.05, 0) is 96.0 Å². The van der Waals surface area contributed by atoms with Crippen LogP contribution in [0.15, 0.2) is 22.6 Å². The molecule has 0 aliphatic carbocycles. The third-order valence-electron chi connectivity index (χ3n) is 6.85. The van der Waals surface area contributed by atoms with Gasteiger partial charge in [-0.25, -0.2) is 4.98 Å². The number of likely N-dealkylation sites (tertiary alicyclic amines) is 1. The average Bonchev–Trinajstić information content (AvgIpc) is 3.21. The first-order chi connectivity index (χ1) is 16.4. The number of aromatic nitrogens is 1. The third kappa shape index (κ3) is 7.31. The van der Waals surface area contributed by atoms with Gasteiger partial charge in [0.15, 0.2) is 0 Å². The summed E-state index contributed by atoms with van der Waals surface area (Å²) in [4.78, 5) is 22.2. The van der Waals surface area contributed by atoms with Crippen molar-refractivity contribution in [1.29, 1.82) is 0 Å². The van der Waals surface area contributed by atoms with Crippen molar-refractivity contribution in [2.45, 2.75) is 59.9 Å². The summed E-state index contributed by atoms with van der Waals surface area (Å²) in [6.45, 7) is 15.0. The Hall–Kier alpha value is -2.38. The van der Waals surface area contributed by atoms with Crippen LogP contribution in [0.3, 0.4) is 0 Å². The lowest BCUT2D eigenvalue weighted by Crippen LogP contribution is -2.40. The Morgan fingerprint density at radius 3 is 2.59 bits per heavy atom. The van der Waals surface area contributed by atoms with E-state index < -0.39 is 0 Å². The Labute approximate surface area is 204 Å². The van der Waals surface area contributed by atoms with E-state index in [-0.39, 0.29) is 11.8 Å². The highest BCUT2D eigenvalue weighted by Crippen LogP contribution is 2.28. The van der Waals surface area contributed by atoms with Gasteiger partial charge in [0.05, 0.1) is 12.8 Å². The highest BCUT2D eigenvalue weighted by atomic mass is 16.5. The third-order valence-corrected chi connectivity index (χ3v) is 6.85. The maximum Gasteiger partial charge on any atom is 0.226 e. The van der Waals surface area contributed by atoms with Crippen LogP contribution in [0.1, 0.15) is 56.5 Å². The molecule has 7 heteroatoms. The summed E-state index contributed by atoms with van der Waals surface area (Å²) < 4.78 is 11.4. The van der Waals surface area contributed by atoms with Crippen LogP contribution in [-0.2, 0) is 11.3 Å². The Morgan fingerprint density at radius 2 is 1.91 bits per heavy atom. The van der Waals surface area contributed by atoms with Crippen molar-refractivity contribution in [3.63, 3.8) is 0 Å². The van der Waals surface area contributed by atoms with E-state index in [0.29, 0.717) is 5.89 Å². The zero-order valence-corrected chi connectivity index (χ0v) is 21.7. The lowest BCUT2D eigenvalue weighted by Gasteiger charge is -2.30. The molecule has 34 heavy (non-hydrogen) atoms.